The van der Waals surface area contributed by atoms with Gasteiger partial charge in [0.25, 0.3) is 0 Å². The summed E-state index contributed by atoms with van der Waals surface area (Å²) < 4.78 is 25.4. The van der Waals surface area contributed by atoms with Crippen molar-refractivity contribution in [2.45, 2.75) is 18.8 Å². The van der Waals surface area contributed by atoms with E-state index in [2.05, 4.69) is 4.72 Å². The topological polar surface area (TPSA) is 66.4 Å². The first kappa shape index (κ1) is 13.4. The third-order valence-electron chi connectivity index (χ3n) is 1.90. The van der Waals surface area contributed by atoms with Gasteiger partial charge in [-0.05, 0) is 18.6 Å². The number of hydrogen-bond acceptors (Lipinski definition) is 3. The van der Waals surface area contributed by atoms with Crippen LogP contribution in [0, 0.1) is 0 Å². The summed E-state index contributed by atoms with van der Waals surface area (Å²) in [7, 11) is -3.45. The molecule has 0 radical (unpaired) electrons. The standard InChI is InChI=1S/C10H14ClNO3S/c1-8(13)6-12-16(14,15)7-9-4-2-3-5-10(9)11/h2-5,8,12-13H,6-7H2,1H3/t8-/m0/s1. The number of sulfonamides is 1. The van der Waals surface area contributed by atoms with E-state index in [0.29, 0.717) is 10.6 Å². The fraction of sp³-hybridized carbons (Fsp3) is 0.400. The molecule has 90 valence electrons. The normalized spacial score (nSPS) is 13.7. The second kappa shape index (κ2) is 5.63. The van der Waals surface area contributed by atoms with Gasteiger partial charge in [0.05, 0.1) is 11.9 Å². The lowest BCUT2D eigenvalue weighted by atomic mass is 10.2. The molecule has 0 bridgehead atoms. The van der Waals surface area contributed by atoms with Crippen molar-refractivity contribution < 1.29 is 13.5 Å². The van der Waals surface area contributed by atoms with Crippen LogP contribution in [0.2, 0.25) is 5.02 Å². The van der Waals surface area contributed by atoms with Gasteiger partial charge in [-0.1, -0.05) is 29.8 Å². The van der Waals surface area contributed by atoms with E-state index in [-0.39, 0.29) is 12.3 Å². The van der Waals surface area contributed by atoms with E-state index in [1.54, 1.807) is 24.3 Å². The molecule has 0 aliphatic rings. The first-order chi connectivity index (χ1) is 7.41. The Hall–Kier alpha value is -0.620. The van der Waals surface area contributed by atoms with Crippen LogP contribution in [0.5, 0.6) is 0 Å². The zero-order valence-corrected chi connectivity index (χ0v) is 10.4. The van der Waals surface area contributed by atoms with Crippen molar-refractivity contribution >= 4 is 21.6 Å². The molecule has 0 saturated carbocycles. The van der Waals surface area contributed by atoms with Gasteiger partial charge in [0, 0.05) is 11.6 Å². The van der Waals surface area contributed by atoms with Crippen LogP contribution in [0.1, 0.15) is 12.5 Å². The summed E-state index contributed by atoms with van der Waals surface area (Å²) in [6.45, 7) is 1.52. The Labute approximate surface area is 100 Å². The van der Waals surface area contributed by atoms with Crippen molar-refractivity contribution in [3.05, 3.63) is 34.9 Å². The smallest absolute Gasteiger partial charge is 0.215 e. The predicted octanol–water partition coefficient (Wildman–Crippen LogP) is 1.14. The van der Waals surface area contributed by atoms with Crippen molar-refractivity contribution in [1.82, 2.24) is 4.72 Å². The highest BCUT2D eigenvalue weighted by molar-refractivity contribution is 7.88. The van der Waals surface area contributed by atoms with Gasteiger partial charge in [0.1, 0.15) is 0 Å². The molecule has 6 heteroatoms. The fourth-order valence-electron chi connectivity index (χ4n) is 1.12. The number of halogens is 1. The zero-order valence-electron chi connectivity index (χ0n) is 8.85. The summed E-state index contributed by atoms with van der Waals surface area (Å²) in [4.78, 5) is 0. The number of benzene rings is 1. The Morgan fingerprint density at radius 3 is 2.62 bits per heavy atom. The number of nitrogens with one attached hydrogen (secondary N) is 1. The highest BCUT2D eigenvalue weighted by Crippen LogP contribution is 2.16. The van der Waals surface area contributed by atoms with E-state index in [1.165, 1.54) is 6.92 Å². The first-order valence-corrected chi connectivity index (χ1v) is 6.82. The van der Waals surface area contributed by atoms with Crippen LogP contribution in [-0.2, 0) is 15.8 Å². The van der Waals surface area contributed by atoms with Crippen molar-refractivity contribution in [3.8, 4) is 0 Å². The van der Waals surface area contributed by atoms with Crippen LogP contribution in [-0.4, -0.2) is 26.2 Å². The molecule has 4 nitrogen and oxygen atoms in total. The van der Waals surface area contributed by atoms with Gasteiger partial charge in [-0.15, -0.1) is 0 Å². The molecule has 0 unspecified atom stereocenters. The predicted molar refractivity (Wildman–Crippen MR) is 63.8 cm³/mol. The molecule has 0 fully saturated rings. The summed E-state index contributed by atoms with van der Waals surface area (Å²) in [6, 6.07) is 6.76. The molecule has 16 heavy (non-hydrogen) atoms. The molecule has 1 atom stereocenters. The molecule has 0 aromatic heterocycles. The van der Waals surface area contributed by atoms with Gasteiger partial charge in [0.15, 0.2) is 0 Å². The van der Waals surface area contributed by atoms with Gasteiger partial charge in [-0.2, -0.15) is 0 Å². The summed E-state index contributed by atoms with van der Waals surface area (Å²) in [5.74, 6) is -0.181. The van der Waals surface area contributed by atoms with Crippen LogP contribution in [0.4, 0.5) is 0 Å². The summed E-state index contributed by atoms with van der Waals surface area (Å²) >= 11 is 5.85. The van der Waals surface area contributed by atoms with Crippen LogP contribution in [0.3, 0.4) is 0 Å². The Morgan fingerprint density at radius 2 is 2.06 bits per heavy atom. The van der Waals surface area contributed by atoms with Gasteiger partial charge in [-0.3, -0.25) is 0 Å². The Balaban J connectivity index is 2.70. The SMILES string of the molecule is C[C@H](O)CNS(=O)(=O)Cc1ccccc1Cl. The molecule has 1 rings (SSSR count). The average Bonchev–Trinajstić information content (AvgIpc) is 2.19. The number of aliphatic hydroxyl groups excluding tert-OH is 1. The Morgan fingerprint density at radius 1 is 1.44 bits per heavy atom. The van der Waals surface area contributed by atoms with Crippen molar-refractivity contribution in [3.63, 3.8) is 0 Å². The Bertz CT molecular complexity index is 445. The lowest BCUT2D eigenvalue weighted by molar-refractivity contribution is 0.198. The van der Waals surface area contributed by atoms with Crippen molar-refractivity contribution in [2.24, 2.45) is 0 Å². The third-order valence-corrected chi connectivity index (χ3v) is 3.57. The summed E-state index contributed by atoms with van der Waals surface area (Å²) in [6.07, 6.45) is -0.707. The third kappa shape index (κ3) is 4.49. The van der Waals surface area contributed by atoms with Crippen LogP contribution < -0.4 is 4.72 Å². The largest absolute Gasteiger partial charge is 0.392 e. The molecular weight excluding hydrogens is 250 g/mol. The number of aliphatic hydroxyl groups is 1. The maximum Gasteiger partial charge on any atom is 0.215 e. The van der Waals surface area contributed by atoms with Crippen LogP contribution >= 0.6 is 11.6 Å². The first-order valence-electron chi connectivity index (χ1n) is 4.79. The second-order valence-corrected chi connectivity index (χ2v) is 5.76. The summed E-state index contributed by atoms with van der Waals surface area (Å²) in [5.41, 5.74) is 0.544. The van der Waals surface area contributed by atoms with Gasteiger partial charge in [-0.25, -0.2) is 13.1 Å². The van der Waals surface area contributed by atoms with E-state index in [0.717, 1.165) is 0 Å². The molecule has 0 saturated heterocycles. The number of hydrogen-bond donors (Lipinski definition) is 2. The number of rotatable bonds is 5. The molecule has 0 spiro atoms. The van der Waals surface area contributed by atoms with E-state index in [4.69, 9.17) is 16.7 Å². The maximum atomic E-state index is 11.6. The average molecular weight is 264 g/mol. The molecule has 0 heterocycles. The van der Waals surface area contributed by atoms with E-state index in [9.17, 15) is 8.42 Å². The van der Waals surface area contributed by atoms with Crippen molar-refractivity contribution in [1.29, 1.82) is 0 Å². The lowest BCUT2D eigenvalue weighted by Gasteiger charge is -2.09. The van der Waals surface area contributed by atoms with E-state index >= 15 is 0 Å². The minimum atomic E-state index is -3.45. The second-order valence-electron chi connectivity index (χ2n) is 3.55. The highest BCUT2D eigenvalue weighted by atomic mass is 35.5. The fourth-order valence-corrected chi connectivity index (χ4v) is 2.66. The minimum absolute atomic E-state index is 0.00673. The van der Waals surface area contributed by atoms with E-state index in [1.807, 2.05) is 0 Å². The minimum Gasteiger partial charge on any atom is -0.392 e. The molecule has 0 amide bonds. The van der Waals surface area contributed by atoms with Crippen molar-refractivity contribution in [2.75, 3.05) is 6.54 Å². The van der Waals surface area contributed by atoms with Gasteiger partial charge < -0.3 is 5.11 Å². The van der Waals surface area contributed by atoms with Crippen LogP contribution in [0.15, 0.2) is 24.3 Å². The molecule has 0 aliphatic heterocycles. The quantitative estimate of drug-likeness (QED) is 0.837. The van der Waals surface area contributed by atoms with Crippen LogP contribution in [0.25, 0.3) is 0 Å². The molecule has 0 aliphatic carbocycles. The molecular formula is C10H14ClNO3S. The van der Waals surface area contributed by atoms with Gasteiger partial charge in [0.2, 0.25) is 10.0 Å². The van der Waals surface area contributed by atoms with Gasteiger partial charge >= 0.3 is 0 Å². The highest BCUT2D eigenvalue weighted by Gasteiger charge is 2.13. The Kier molecular flexibility index (Phi) is 4.73. The zero-order chi connectivity index (χ0) is 12.2. The maximum absolute atomic E-state index is 11.6. The molecule has 2 N–H and O–H groups in total. The molecule has 1 aromatic rings. The lowest BCUT2D eigenvalue weighted by Crippen LogP contribution is -2.31. The molecule has 1 aromatic carbocycles. The monoisotopic (exact) mass is 263 g/mol. The summed E-state index contributed by atoms with van der Waals surface area (Å²) in [5, 5.41) is 9.40. The van der Waals surface area contributed by atoms with E-state index < -0.39 is 16.1 Å².